The van der Waals surface area contributed by atoms with Crippen LogP contribution >= 0.6 is 0 Å². The van der Waals surface area contributed by atoms with Crippen molar-refractivity contribution in [3.8, 4) is 0 Å². The summed E-state index contributed by atoms with van der Waals surface area (Å²) in [4.78, 5) is 22.6. The number of halogens is 1. The third kappa shape index (κ3) is 4.63. The van der Waals surface area contributed by atoms with E-state index in [1.165, 1.54) is 24.8 Å². The number of anilines is 1. The zero-order chi connectivity index (χ0) is 21.1. The van der Waals surface area contributed by atoms with Crippen LogP contribution in [-0.4, -0.2) is 30.7 Å². The van der Waals surface area contributed by atoms with E-state index in [0.717, 1.165) is 6.07 Å². The molecule has 2 aromatic rings. The first kappa shape index (κ1) is 21.3. The molecule has 1 N–H and O–H groups in total. The van der Waals surface area contributed by atoms with Gasteiger partial charge in [0.1, 0.15) is 10.7 Å². The summed E-state index contributed by atoms with van der Waals surface area (Å²) in [5, 5.41) is 11.1. The summed E-state index contributed by atoms with van der Waals surface area (Å²) in [7, 11) is -4.43. The fraction of sp³-hybridized carbons (Fsp3) is 0.278. The molecule has 0 bridgehead atoms. The molecule has 8 nitrogen and oxygen atoms in total. The van der Waals surface area contributed by atoms with Crippen LogP contribution in [0.2, 0.25) is 0 Å². The molecule has 0 fully saturated rings. The Balaban J connectivity index is 2.45. The number of sulfonamides is 1. The number of hydrogen-bond donors (Lipinski definition) is 1. The smallest absolute Gasteiger partial charge is 0.273 e. The van der Waals surface area contributed by atoms with Gasteiger partial charge >= 0.3 is 0 Å². The van der Waals surface area contributed by atoms with E-state index >= 15 is 0 Å². The Hall–Kier alpha value is -3.01. The number of hydrogen-bond acceptors (Lipinski definition) is 5. The summed E-state index contributed by atoms with van der Waals surface area (Å²) in [6, 6.07) is 7.88. The average Bonchev–Trinajstić information content (AvgIpc) is 2.59. The van der Waals surface area contributed by atoms with Crippen molar-refractivity contribution in [2.45, 2.75) is 32.2 Å². The van der Waals surface area contributed by atoms with E-state index in [4.69, 9.17) is 0 Å². The second-order valence-corrected chi connectivity index (χ2v) is 7.77. The summed E-state index contributed by atoms with van der Waals surface area (Å²) < 4.78 is 41.9. The van der Waals surface area contributed by atoms with Gasteiger partial charge in [-0.25, -0.2) is 12.8 Å². The van der Waals surface area contributed by atoms with Crippen molar-refractivity contribution in [1.29, 1.82) is 0 Å². The van der Waals surface area contributed by atoms with Gasteiger partial charge in [-0.05, 0) is 31.5 Å². The van der Waals surface area contributed by atoms with Crippen LogP contribution in [0, 0.1) is 22.9 Å². The molecular formula is C18H20FN3O5S. The van der Waals surface area contributed by atoms with Gasteiger partial charge in [-0.3, -0.25) is 19.6 Å². The number of nitro groups is 1. The minimum atomic E-state index is -4.43. The predicted molar refractivity (Wildman–Crippen MR) is 102 cm³/mol. The predicted octanol–water partition coefficient (Wildman–Crippen LogP) is 3.21. The van der Waals surface area contributed by atoms with Gasteiger partial charge in [-0.15, -0.1) is 0 Å². The quantitative estimate of drug-likeness (QED) is 0.558. The summed E-state index contributed by atoms with van der Waals surface area (Å²) in [6.07, 6.45) is 0. The molecule has 0 aromatic heterocycles. The van der Waals surface area contributed by atoms with Crippen LogP contribution in [0.4, 0.5) is 15.8 Å². The van der Waals surface area contributed by atoms with E-state index in [1.54, 1.807) is 25.1 Å². The Morgan fingerprint density at radius 1 is 1.29 bits per heavy atom. The number of nitrogens with zero attached hydrogens (tertiary/aromatic N) is 2. The zero-order valence-electron chi connectivity index (χ0n) is 15.6. The topological polar surface area (TPSA) is 110 Å². The summed E-state index contributed by atoms with van der Waals surface area (Å²) >= 11 is 0. The fourth-order valence-corrected chi connectivity index (χ4v) is 3.83. The first-order valence-corrected chi connectivity index (χ1v) is 9.86. The average molecular weight is 409 g/mol. The molecule has 0 spiro atoms. The molecule has 150 valence electrons. The van der Waals surface area contributed by atoms with Gasteiger partial charge < -0.3 is 4.90 Å². The van der Waals surface area contributed by atoms with Crippen LogP contribution in [0.5, 0.6) is 0 Å². The Morgan fingerprint density at radius 2 is 1.93 bits per heavy atom. The van der Waals surface area contributed by atoms with Crippen LogP contribution < -0.4 is 4.72 Å². The highest BCUT2D eigenvalue weighted by Gasteiger charge is 2.25. The molecule has 2 aromatic carbocycles. The summed E-state index contributed by atoms with van der Waals surface area (Å²) in [5.41, 5.74) is 0.181. The number of carbonyl (C=O) groups excluding carboxylic acids is 1. The molecule has 0 atom stereocenters. The molecule has 0 aliphatic rings. The lowest BCUT2D eigenvalue weighted by Gasteiger charge is -2.21. The molecule has 0 saturated carbocycles. The molecular weight excluding hydrogens is 389 g/mol. The van der Waals surface area contributed by atoms with E-state index in [9.17, 15) is 27.7 Å². The first-order chi connectivity index (χ1) is 13.1. The van der Waals surface area contributed by atoms with Gasteiger partial charge in [-0.1, -0.05) is 18.2 Å². The molecule has 0 aliphatic heterocycles. The maximum Gasteiger partial charge on any atom is 0.273 e. The normalized spacial score (nSPS) is 11.1. The van der Waals surface area contributed by atoms with Gasteiger partial charge in [-0.2, -0.15) is 0 Å². The number of para-hydroxylation sites is 1. The van der Waals surface area contributed by atoms with Crippen molar-refractivity contribution in [2.75, 3.05) is 11.3 Å². The highest BCUT2D eigenvalue weighted by molar-refractivity contribution is 7.92. The Kier molecular flexibility index (Phi) is 6.34. The van der Waals surface area contributed by atoms with E-state index in [2.05, 4.69) is 4.72 Å². The minimum absolute atomic E-state index is 0.0156. The second-order valence-electron chi connectivity index (χ2n) is 6.12. The van der Waals surface area contributed by atoms with E-state index in [0.29, 0.717) is 18.2 Å². The number of nitro benzene ring substituents is 1. The third-order valence-corrected chi connectivity index (χ3v) is 5.57. The van der Waals surface area contributed by atoms with Gasteiger partial charge in [0, 0.05) is 31.6 Å². The third-order valence-electron chi connectivity index (χ3n) is 4.19. The van der Waals surface area contributed by atoms with Crippen LogP contribution in [-0.2, 0) is 21.4 Å². The van der Waals surface area contributed by atoms with E-state index < -0.39 is 31.3 Å². The molecule has 0 heterocycles. The van der Waals surface area contributed by atoms with Crippen LogP contribution in [0.25, 0.3) is 0 Å². The highest BCUT2D eigenvalue weighted by atomic mass is 32.2. The minimum Gasteiger partial charge on any atom is -0.339 e. The lowest BCUT2D eigenvalue weighted by molar-refractivity contribution is -0.385. The summed E-state index contributed by atoms with van der Waals surface area (Å²) in [6.45, 7) is 5.09. The highest BCUT2D eigenvalue weighted by Crippen LogP contribution is 2.28. The first-order valence-electron chi connectivity index (χ1n) is 8.37. The SMILES string of the molecule is CCN(Cc1ccccc1NS(=O)(=O)c1cc([N+](=O)[O-])c(C)cc1F)C(C)=O. The van der Waals surface area contributed by atoms with Gasteiger partial charge in [0.2, 0.25) is 5.91 Å². The molecule has 0 aliphatic carbocycles. The second kappa shape index (κ2) is 8.34. The Morgan fingerprint density at radius 3 is 2.50 bits per heavy atom. The number of rotatable bonds is 7. The van der Waals surface area contributed by atoms with Crippen molar-refractivity contribution in [3.05, 3.63) is 63.5 Å². The lowest BCUT2D eigenvalue weighted by atomic mass is 10.1. The maximum absolute atomic E-state index is 14.3. The van der Waals surface area contributed by atoms with Crippen LogP contribution in [0.3, 0.4) is 0 Å². The van der Waals surface area contributed by atoms with E-state index in [-0.39, 0.29) is 23.7 Å². The van der Waals surface area contributed by atoms with Gasteiger partial charge in [0.15, 0.2) is 0 Å². The maximum atomic E-state index is 14.3. The van der Waals surface area contributed by atoms with Crippen molar-refractivity contribution in [1.82, 2.24) is 4.90 Å². The van der Waals surface area contributed by atoms with Crippen molar-refractivity contribution < 1.29 is 22.5 Å². The number of amides is 1. The van der Waals surface area contributed by atoms with Crippen LogP contribution in [0.1, 0.15) is 25.0 Å². The molecule has 28 heavy (non-hydrogen) atoms. The zero-order valence-corrected chi connectivity index (χ0v) is 16.4. The monoisotopic (exact) mass is 409 g/mol. The number of aryl methyl sites for hydroxylation is 1. The number of carbonyl (C=O) groups is 1. The lowest BCUT2D eigenvalue weighted by Crippen LogP contribution is -2.28. The van der Waals surface area contributed by atoms with Gasteiger partial charge in [0.05, 0.1) is 10.6 Å². The summed E-state index contributed by atoms with van der Waals surface area (Å²) in [5.74, 6) is -1.27. The molecule has 0 saturated heterocycles. The molecule has 1 amide bonds. The standard InChI is InChI=1S/C18H20FN3O5S/c1-4-21(13(3)23)11-14-7-5-6-8-16(14)20-28(26,27)18-10-17(22(24)25)12(2)9-15(18)19/h5-10,20H,4,11H2,1-3H3. The molecule has 0 unspecified atom stereocenters. The largest absolute Gasteiger partial charge is 0.339 e. The molecule has 10 heteroatoms. The number of benzene rings is 2. The van der Waals surface area contributed by atoms with Gasteiger partial charge in [0.25, 0.3) is 15.7 Å². The van der Waals surface area contributed by atoms with Crippen LogP contribution in [0.15, 0.2) is 41.3 Å². The molecule has 2 rings (SSSR count). The van der Waals surface area contributed by atoms with Crippen molar-refractivity contribution in [3.63, 3.8) is 0 Å². The van der Waals surface area contributed by atoms with E-state index in [1.807, 2.05) is 0 Å². The fourth-order valence-electron chi connectivity index (χ4n) is 2.65. The van der Waals surface area contributed by atoms with Crippen molar-refractivity contribution >= 4 is 27.3 Å². The number of nitrogens with one attached hydrogen (secondary N) is 1. The van der Waals surface area contributed by atoms with Crippen molar-refractivity contribution in [2.24, 2.45) is 0 Å². The Labute approximate surface area is 162 Å². The molecule has 0 radical (unpaired) electrons. The Bertz CT molecular complexity index is 1020.